The van der Waals surface area contributed by atoms with Gasteiger partial charge in [0.15, 0.2) is 11.9 Å². The van der Waals surface area contributed by atoms with Crippen LogP contribution in [0.25, 0.3) is 0 Å². The number of alkyl halides is 1. The van der Waals surface area contributed by atoms with E-state index < -0.39 is 11.5 Å². The molecule has 1 heterocycles. The summed E-state index contributed by atoms with van der Waals surface area (Å²) in [5.41, 5.74) is 1.13. The number of rotatable bonds is 6. The standard InChI is InChI=1S/C18H25ClN2O3/c1-11(2)17-18(23)21(9-8-20(4)5)14-10-13(16(22)12(3)19)6-7-15(14)24-17/h6-7,10-12,17H,8-9H2,1-5H3. The smallest absolute Gasteiger partial charge is 0.268 e. The third-order valence-corrected chi connectivity index (χ3v) is 4.23. The molecule has 0 aliphatic carbocycles. The van der Waals surface area contributed by atoms with Gasteiger partial charge in [0.1, 0.15) is 5.75 Å². The maximum absolute atomic E-state index is 12.8. The van der Waals surface area contributed by atoms with Crippen molar-refractivity contribution >= 4 is 29.0 Å². The average Bonchev–Trinajstić information content (AvgIpc) is 2.51. The van der Waals surface area contributed by atoms with Gasteiger partial charge >= 0.3 is 0 Å². The number of hydrogen-bond donors (Lipinski definition) is 0. The first kappa shape index (κ1) is 18.7. The van der Waals surface area contributed by atoms with Crippen LogP contribution in [0.15, 0.2) is 18.2 Å². The molecule has 0 saturated heterocycles. The average molecular weight is 353 g/mol. The van der Waals surface area contributed by atoms with E-state index in [-0.39, 0.29) is 17.6 Å². The lowest BCUT2D eigenvalue weighted by Crippen LogP contribution is -2.50. The monoisotopic (exact) mass is 352 g/mol. The number of ether oxygens (including phenoxy) is 1. The van der Waals surface area contributed by atoms with Gasteiger partial charge in [0, 0.05) is 18.7 Å². The predicted octanol–water partition coefficient (Wildman–Crippen LogP) is 2.81. The highest BCUT2D eigenvalue weighted by atomic mass is 35.5. The van der Waals surface area contributed by atoms with Crippen molar-refractivity contribution in [3.05, 3.63) is 23.8 Å². The van der Waals surface area contributed by atoms with Crippen LogP contribution in [-0.4, -0.2) is 55.3 Å². The zero-order chi connectivity index (χ0) is 18.0. The Kier molecular flexibility index (Phi) is 5.88. The molecule has 1 aromatic carbocycles. The van der Waals surface area contributed by atoms with Gasteiger partial charge in [0.2, 0.25) is 0 Å². The Morgan fingerprint density at radius 2 is 2.00 bits per heavy atom. The molecule has 132 valence electrons. The van der Waals surface area contributed by atoms with Gasteiger partial charge < -0.3 is 14.5 Å². The summed E-state index contributed by atoms with van der Waals surface area (Å²) in [5.74, 6) is 0.468. The quantitative estimate of drug-likeness (QED) is 0.583. The lowest BCUT2D eigenvalue weighted by Gasteiger charge is -2.36. The van der Waals surface area contributed by atoms with E-state index in [9.17, 15) is 9.59 Å². The van der Waals surface area contributed by atoms with Crippen LogP contribution in [0.1, 0.15) is 31.1 Å². The summed E-state index contributed by atoms with van der Waals surface area (Å²) in [7, 11) is 3.92. The van der Waals surface area contributed by atoms with E-state index >= 15 is 0 Å². The molecule has 2 atom stereocenters. The van der Waals surface area contributed by atoms with Crippen LogP contribution in [0.4, 0.5) is 5.69 Å². The summed E-state index contributed by atoms with van der Waals surface area (Å²) >= 11 is 5.91. The molecule has 0 bridgehead atoms. The molecule has 1 aliphatic heterocycles. The fourth-order valence-electron chi connectivity index (χ4n) is 2.62. The molecule has 1 aromatic rings. The molecule has 0 aromatic heterocycles. The van der Waals surface area contributed by atoms with Crippen molar-refractivity contribution in [1.29, 1.82) is 0 Å². The number of ketones is 1. The SMILES string of the molecule is CC(Cl)C(=O)c1ccc2c(c1)N(CCN(C)C)C(=O)C(C(C)C)O2. The van der Waals surface area contributed by atoms with Gasteiger partial charge in [-0.2, -0.15) is 0 Å². The highest BCUT2D eigenvalue weighted by molar-refractivity contribution is 6.33. The Bertz CT molecular complexity index is 629. The molecule has 0 radical (unpaired) electrons. The molecule has 0 saturated carbocycles. The number of carbonyl (C=O) groups excluding carboxylic acids is 2. The molecular weight excluding hydrogens is 328 g/mol. The molecule has 0 N–H and O–H groups in total. The summed E-state index contributed by atoms with van der Waals surface area (Å²) < 4.78 is 5.89. The number of carbonyl (C=O) groups is 2. The van der Waals surface area contributed by atoms with E-state index in [4.69, 9.17) is 16.3 Å². The lowest BCUT2D eigenvalue weighted by atomic mass is 10.0. The van der Waals surface area contributed by atoms with Crippen molar-refractivity contribution < 1.29 is 14.3 Å². The second-order valence-electron chi connectivity index (χ2n) is 6.74. The van der Waals surface area contributed by atoms with E-state index in [0.29, 0.717) is 23.5 Å². The highest BCUT2D eigenvalue weighted by Gasteiger charge is 2.36. The van der Waals surface area contributed by atoms with Crippen molar-refractivity contribution in [2.75, 3.05) is 32.1 Å². The van der Waals surface area contributed by atoms with Gasteiger partial charge in [-0.3, -0.25) is 9.59 Å². The molecule has 5 nitrogen and oxygen atoms in total. The fraction of sp³-hybridized carbons (Fsp3) is 0.556. The van der Waals surface area contributed by atoms with Crippen molar-refractivity contribution in [3.63, 3.8) is 0 Å². The van der Waals surface area contributed by atoms with E-state index in [0.717, 1.165) is 6.54 Å². The topological polar surface area (TPSA) is 49.9 Å². The molecule has 0 fully saturated rings. The minimum atomic E-state index is -0.609. The summed E-state index contributed by atoms with van der Waals surface area (Å²) in [6, 6.07) is 5.17. The molecule has 0 spiro atoms. The van der Waals surface area contributed by atoms with E-state index in [2.05, 4.69) is 0 Å². The third-order valence-electron chi connectivity index (χ3n) is 4.04. The number of likely N-dealkylation sites (N-methyl/N-ethyl adjacent to an activating group) is 1. The van der Waals surface area contributed by atoms with E-state index in [1.807, 2.05) is 32.8 Å². The molecule has 6 heteroatoms. The van der Waals surface area contributed by atoms with E-state index in [1.165, 1.54) is 0 Å². The van der Waals surface area contributed by atoms with Crippen LogP contribution in [0, 0.1) is 5.92 Å². The normalized spacial score (nSPS) is 18.6. The van der Waals surface area contributed by atoms with Crippen molar-refractivity contribution in [1.82, 2.24) is 4.90 Å². The zero-order valence-electron chi connectivity index (χ0n) is 14.9. The Labute approximate surface area is 148 Å². The number of Topliss-reactive ketones (excluding diaryl/α,β-unsaturated/α-hetero) is 1. The first-order valence-electron chi connectivity index (χ1n) is 8.17. The van der Waals surface area contributed by atoms with Crippen LogP contribution in [0.2, 0.25) is 0 Å². The summed E-state index contributed by atoms with van der Waals surface area (Å²) in [5, 5.41) is -0.609. The van der Waals surface area contributed by atoms with Crippen LogP contribution in [0.5, 0.6) is 5.75 Å². The number of benzene rings is 1. The number of anilines is 1. The summed E-state index contributed by atoms with van der Waals surface area (Å²) in [6.07, 6.45) is -0.506. The zero-order valence-corrected chi connectivity index (χ0v) is 15.6. The fourth-order valence-corrected chi connectivity index (χ4v) is 2.75. The van der Waals surface area contributed by atoms with Crippen LogP contribution in [0.3, 0.4) is 0 Å². The lowest BCUT2D eigenvalue weighted by molar-refractivity contribution is -0.128. The number of halogens is 1. The van der Waals surface area contributed by atoms with Crippen LogP contribution >= 0.6 is 11.6 Å². The number of hydrogen-bond acceptors (Lipinski definition) is 4. The first-order valence-corrected chi connectivity index (χ1v) is 8.61. The molecule has 24 heavy (non-hydrogen) atoms. The first-order chi connectivity index (χ1) is 11.2. The second kappa shape index (κ2) is 7.53. The van der Waals surface area contributed by atoms with Gasteiger partial charge in [0.25, 0.3) is 5.91 Å². The molecule has 1 aliphatic rings. The van der Waals surface area contributed by atoms with Crippen molar-refractivity contribution in [2.45, 2.75) is 32.3 Å². The Hall–Kier alpha value is -1.59. The maximum Gasteiger partial charge on any atom is 0.268 e. The highest BCUT2D eigenvalue weighted by Crippen LogP contribution is 2.36. The van der Waals surface area contributed by atoms with Gasteiger partial charge in [-0.25, -0.2) is 0 Å². The predicted molar refractivity (Wildman–Crippen MR) is 96.2 cm³/mol. The number of amides is 1. The Balaban J connectivity index is 2.43. The minimum Gasteiger partial charge on any atom is -0.478 e. The maximum atomic E-state index is 12.8. The minimum absolute atomic E-state index is 0.0664. The van der Waals surface area contributed by atoms with Crippen LogP contribution in [-0.2, 0) is 4.79 Å². The Morgan fingerprint density at radius 3 is 2.54 bits per heavy atom. The van der Waals surface area contributed by atoms with Crippen molar-refractivity contribution in [2.24, 2.45) is 5.92 Å². The second-order valence-corrected chi connectivity index (χ2v) is 7.39. The molecule has 2 rings (SSSR count). The van der Waals surface area contributed by atoms with E-state index in [1.54, 1.807) is 30.0 Å². The largest absolute Gasteiger partial charge is 0.478 e. The molecule has 2 unspecified atom stereocenters. The third kappa shape index (κ3) is 3.90. The Morgan fingerprint density at radius 1 is 1.33 bits per heavy atom. The number of nitrogens with zero attached hydrogens (tertiary/aromatic N) is 2. The summed E-state index contributed by atoms with van der Waals surface area (Å²) in [6.45, 7) is 6.83. The van der Waals surface area contributed by atoms with Gasteiger partial charge in [-0.05, 0) is 45.1 Å². The van der Waals surface area contributed by atoms with Gasteiger partial charge in [-0.1, -0.05) is 13.8 Å². The van der Waals surface area contributed by atoms with Gasteiger partial charge in [0.05, 0.1) is 11.1 Å². The number of fused-ring (bicyclic) bond motifs is 1. The van der Waals surface area contributed by atoms with Crippen molar-refractivity contribution in [3.8, 4) is 5.75 Å². The summed E-state index contributed by atoms with van der Waals surface area (Å²) in [4.78, 5) is 28.7. The van der Waals surface area contributed by atoms with Gasteiger partial charge in [-0.15, -0.1) is 11.6 Å². The van der Waals surface area contributed by atoms with Crippen LogP contribution < -0.4 is 9.64 Å². The molecule has 1 amide bonds. The molecular formula is C18H25ClN2O3.